The first-order valence-corrected chi connectivity index (χ1v) is 6.39. The molecule has 104 valence electrons. The first-order valence-electron chi connectivity index (χ1n) is 6.39. The maximum Gasteiger partial charge on any atom is 0.300 e. The Balaban J connectivity index is 2.23. The number of carbonyl (C=O) groups excluding carboxylic acids is 1. The molecule has 0 radical (unpaired) electrons. The highest BCUT2D eigenvalue weighted by Crippen LogP contribution is 2.29. The van der Waals surface area contributed by atoms with Crippen LogP contribution in [0.4, 0.5) is 0 Å². The van der Waals surface area contributed by atoms with E-state index in [0.29, 0.717) is 23.4 Å². The Hall–Kier alpha value is -2.50. The van der Waals surface area contributed by atoms with Crippen molar-refractivity contribution in [3.8, 4) is 5.75 Å². The van der Waals surface area contributed by atoms with Gasteiger partial charge in [-0.3, -0.25) is 9.59 Å². The molecule has 0 unspecified atom stereocenters. The van der Waals surface area contributed by atoms with Crippen molar-refractivity contribution >= 4 is 16.8 Å². The van der Waals surface area contributed by atoms with Gasteiger partial charge in [-0.15, -0.1) is 4.73 Å². The summed E-state index contributed by atoms with van der Waals surface area (Å²) in [7, 11) is 0. The van der Waals surface area contributed by atoms with Crippen LogP contribution in [0.15, 0.2) is 29.1 Å². The molecule has 1 amide bonds. The summed E-state index contributed by atoms with van der Waals surface area (Å²) in [5.41, 5.74) is 4.42. The van der Waals surface area contributed by atoms with Gasteiger partial charge >= 0.3 is 0 Å². The number of fused-ring (bicyclic) bond motifs is 1. The van der Waals surface area contributed by atoms with Crippen molar-refractivity contribution < 1.29 is 14.7 Å². The monoisotopic (exact) mass is 274 g/mol. The molecule has 3 rings (SSSR count). The van der Waals surface area contributed by atoms with E-state index in [1.807, 2.05) is 0 Å². The smallest absolute Gasteiger partial charge is 0.300 e. The molecule has 6 heteroatoms. The summed E-state index contributed by atoms with van der Waals surface area (Å²) in [5, 5.41) is 10.4. The Bertz CT molecular complexity index is 747. The van der Waals surface area contributed by atoms with Crippen molar-refractivity contribution in [1.82, 2.24) is 4.73 Å². The van der Waals surface area contributed by atoms with Crippen LogP contribution in [0.3, 0.4) is 0 Å². The average molecular weight is 274 g/mol. The van der Waals surface area contributed by atoms with Gasteiger partial charge in [0.05, 0.1) is 5.52 Å². The third kappa shape index (κ3) is 1.99. The molecule has 1 saturated carbocycles. The van der Waals surface area contributed by atoms with Crippen LogP contribution in [0.1, 0.15) is 23.2 Å². The number of amides is 1. The second-order valence-electron chi connectivity index (χ2n) is 4.94. The van der Waals surface area contributed by atoms with E-state index in [9.17, 15) is 14.7 Å². The highest BCUT2D eigenvalue weighted by molar-refractivity contribution is 6.01. The van der Waals surface area contributed by atoms with Crippen LogP contribution in [0, 0.1) is 5.92 Å². The summed E-state index contributed by atoms with van der Waals surface area (Å²) in [6, 6.07) is 6.67. The van der Waals surface area contributed by atoms with Crippen LogP contribution in [-0.2, 0) is 0 Å². The fourth-order valence-electron chi connectivity index (χ4n) is 2.11. The molecular weight excluding hydrogens is 260 g/mol. The van der Waals surface area contributed by atoms with Gasteiger partial charge in [-0.2, -0.15) is 0 Å². The number of hydrogen-bond acceptors (Lipinski definition) is 4. The fraction of sp³-hybridized carbons (Fsp3) is 0.286. The fourth-order valence-corrected chi connectivity index (χ4v) is 2.11. The lowest BCUT2D eigenvalue weighted by Crippen LogP contribution is -2.34. The van der Waals surface area contributed by atoms with Crippen molar-refractivity contribution in [2.75, 3.05) is 6.61 Å². The number of para-hydroxylation sites is 1. The molecule has 0 atom stereocenters. The second-order valence-corrected chi connectivity index (χ2v) is 4.94. The normalized spacial score (nSPS) is 14.4. The molecule has 3 N–H and O–H groups in total. The number of aromatic hydroxyl groups is 1. The van der Waals surface area contributed by atoms with E-state index < -0.39 is 22.8 Å². The zero-order valence-electron chi connectivity index (χ0n) is 10.7. The first kappa shape index (κ1) is 12.5. The maximum atomic E-state index is 12.3. The molecular formula is C14H14N2O4. The van der Waals surface area contributed by atoms with Crippen molar-refractivity contribution in [2.45, 2.75) is 12.8 Å². The largest absolute Gasteiger partial charge is 0.506 e. The van der Waals surface area contributed by atoms with E-state index in [2.05, 4.69) is 0 Å². The lowest BCUT2D eigenvalue weighted by molar-refractivity contribution is 0.0945. The zero-order valence-corrected chi connectivity index (χ0v) is 10.7. The summed E-state index contributed by atoms with van der Waals surface area (Å²) in [5.74, 6) is -0.919. The predicted octanol–water partition coefficient (Wildman–Crippen LogP) is 0.645. The van der Waals surface area contributed by atoms with Gasteiger partial charge in [-0.25, -0.2) is 0 Å². The van der Waals surface area contributed by atoms with Crippen molar-refractivity contribution in [1.29, 1.82) is 0 Å². The van der Waals surface area contributed by atoms with E-state index in [4.69, 9.17) is 10.6 Å². The average Bonchev–Trinajstić information content (AvgIpc) is 3.22. The SMILES string of the molecule is NC(=O)c1c(O)c2ccccc2n(OCC2CC2)c1=O. The van der Waals surface area contributed by atoms with Crippen LogP contribution in [0.2, 0.25) is 0 Å². The molecule has 0 saturated heterocycles. The Morgan fingerprint density at radius 1 is 1.40 bits per heavy atom. The first-order chi connectivity index (χ1) is 9.59. The standard InChI is InChI=1S/C14H14N2O4/c15-13(18)11-12(17)9-3-1-2-4-10(9)16(14(11)19)20-7-8-5-6-8/h1-4,8,17H,5-7H2,(H2,15,18). The maximum absolute atomic E-state index is 12.3. The van der Waals surface area contributed by atoms with Crippen LogP contribution < -0.4 is 16.1 Å². The van der Waals surface area contributed by atoms with Crippen LogP contribution in [-0.4, -0.2) is 22.4 Å². The van der Waals surface area contributed by atoms with Crippen molar-refractivity contribution in [3.63, 3.8) is 0 Å². The third-order valence-electron chi connectivity index (χ3n) is 3.40. The van der Waals surface area contributed by atoms with Crippen LogP contribution in [0.25, 0.3) is 10.9 Å². The minimum Gasteiger partial charge on any atom is -0.506 e. The highest BCUT2D eigenvalue weighted by Gasteiger charge is 2.25. The number of hydrogen-bond donors (Lipinski definition) is 2. The Morgan fingerprint density at radius 3 is 2.75 bits per heavy atom. The van der Waals surface area contributed by atoms with Gasteiger partial charge in [0.15, 0.2) is 0 Å². The Kier molecular flexibility index (Phi) is 2.85. The van der Waals surface area contributed by atoms with E-state index >= 15 is 0 Å². The molecule has 2 aromatic rings. The number of aromatic nitrogens is 1. The topological polar surface area (TPSA) is 94.6 Å². The molecule has 1 aliphatic carbocycles. The molecule has 1 heterocycles. The van der Waals surface area contributed by atoms with Gasteiger partial charge < -0.3 is 15.7 Å². The number of nitrogens with zero attached hydrogens (tertiary/aromatic N) is 1. The van der Waals surface area contributed by atoms with E-state index in [0.717, 1.165) is 17.6 Å². The highest BCUT2D eigenvalue weighted by atomic mass is 16.7. The lowest BCUT2D eigenvalue weighted by atomic mass is 10.1. The summed E-state index contributed by atoms with van der Waals surface area (Å²) < 4.78 is 1.05. The third-order valence-corrected chi connectivity index (χ3v) is 3.40. The molecule has 0 bridgehead atoms. The van der Waals surface area contributed by atoms with E-state index in [-0.39, 0.29) is 0 Å². The van der Waals surface area contributed by atoms with E-state index in [1.165, 1.54) is 0 Å². The lowest BCUT2D eigenvalue weighted by Gasteiger charge is -2.14. The number of primary amides is 1. The second kappa shape index (κ2) is 4.56. The van der Waals surface area contributed by atoms with Gasteiger partial charge in [-0.05, 0) is 30.9 Å². The number of benzene rings is 1. The Labute approximate surface area is 114 Å². The number of rotatable bonds is 4. The molecule has 1 aromatic carbocycles. The molecule has 20 heavy (non-hydrogen) atoms. The molecule has 1 aromatic heterocycles. The quantitative estimate of drug-likeness (QED) is 0.855. The van der Waals surface area contributed by atoms with Gasteiger partial charge in [0, 0.05) is 5.39 Å². The van der Waals surface area contributed by atoms with Crippen molar-refractivity contribution in [2.24, 2.45) is 11.7 Å². The summed E-state index contributed by atoms with van der Waals surface area (Å²) in [6.45, 7) is 0.410. The van der Waals surface area contributed by atoms with Gasteiger partial charge in [0.2, 0.25) is 0 Å². The molecule has 0 spiro atoms. The Morgan fingerprint density at radius 2 is 2.10 bits per heavy atom. The zero-order chi connectivity index (χ0) is 14.3. The van der Waals surface area contributed by atoms with Gasteiger partial charge in [0.1, 0.15) is 17.9 Å². The molecule has 1 aliphatic rings. The number of pyridine rings is 1. The van der Waals surface area contributed by atoms with Crippen molar-refractivity contribution in [3.05, 3.63) is 40.2 Å². The van der Waals surface area contributed by atoms with Crippen LogP contribution >= 0.6 is 0 Å². The van der Waals surface area contributed by atoms with Gasteiger partial charge in [0.25, 0.3) is 11.5 Å². The number of carbonyl (C=O) groups is 1. The number of nitrogens with two attached hydrogens (primary N) is 1. The minimum atomic E-state index is -0.970. The van der Waals surface area contributed by atoms with E-state index in [1.54, 1.807) is 24.3 Å². The summed E-state index contributed by atoms with van der Waals surface area (Å²) in [4.78, 5) is 29.1. The van der Waals surface area contributed by atoms with Crippen LogP contribution in [0.5, 0.6) is 5.75 Å². The predicted molar refractivity (Wildman–Crippen MR) is 72.6 cm³/mol. The minimum absolute atomic E-state index is 0.358. The summed E-state index contributed by atoms with van der Waals surface area (Å²) >= 11 is 0. The molecule has 6 nitrogen and oxygen atoms in total. The molecule has 1 fully saturated rings. The molecule has 0 aliphatic heterocycles. The summed E-state index contributed by atoms with van der Waals surface area (Å²) in [6.07, 6.45) is 2.15. The van der Waals surface area contributed by atoms with Gasteiger partial charge in [-0.1, -0.05) is 12.1 Å².